The van der Waals surface area contributed by atoms with Gasteiger partial charge in [0.15, 0.2) is 0 Å². The molecule has 0 saturated carbocycles. The summed E-state index contributed by atoms with van der Waals surface area (Å²) >= 11 is 0. The number of carbonyl (C=O) groups is 1. The third kappa shape index (κ3) is 3.03. The van der Waals surface area contributed by atoms with Crippen LogP contribution in [0.25, 0.3) is 0 Å². The van der Waals surface area contributed by atoms with Gasteiger partial charge in [0.2, 0.25) is 0 Å². The Hall–Kier alpha value is -1.60. The van der Waals surface area contributed by atoms with Gasteiger partial charge in [-0.2, -0.15) is 0 Å². The largest absolute Gasteiger partial charge is 0.496 e. The molecule has 1 saturated heterocycles. The summed E-state index contributed by atoms with van der Waals surface area (Å²) in [4.78, 5) is 23.1. The van der Waals surface area contributed by atoms with Gasteiger partial charge in [-0.25, -0.2) is 0 Å². The van der Waals surface area contributed by atoms with Crippen LogP contribution in [0.5, 0.6) is 0 Å². The highest BCUT2D eigenvalue weighted by atomic mass is 16.7. The van der Waals surface area contributed by atoms with Crippen molar-refractivity contribution in [2.24, 2.45) is 0 Å². The summed E-state index contributed by atoms with van der Waals surface area (Å²) in [7, 11) is 0.713. The van der Waals surface area contributed by atoms with E-state index in [-0.39, 0.29) is 12.1 Å². The number of aromatic nitrogens is 1. The van der Waals surface area contributed by atoms with E-state index in [1.54, 1.807) is 12.3 Å². The standard InChI is InChI=1S/C14H20BNO5/c1-13(2)14(3,4)21-15(20-13)10-6-7-11(17)16(8-10)9-12(18)19-5/h6-8H,9H2,1-5H3. The van der Waals surface area contributed by atoms with E-state index in [0.717, 1.165) is 0 Å². The summed E-state index contributed by atoms with van der Waals surface area (Å²) in [6.07, 6.45) is 1.57. The maximum absolute atomic E-state index is 11.8. The van der Waals surface area contributed by atoms with Crippen molar-refractivity contribution >= 4 is 18.6 Å². The molecule has 1 fully saturated rings. The molecule has 0 N–H and O–H groups in total. The van der Waals surface area contributed by atoms with E-state index in [0.29, 0.717) is 5.46 Å². The smallest absolute Gasteiger partial charge is 0.468 e. The highest BCUT2D eigenvalue weighted by molar-refractivity contribution is 6.62. The molecule has 7 heteroatoms. The Kier molecular flexibility index (Phi) is 3.99. The van der Waals surface area contributed by atoms with Crippen molar-refractivity contribution < 1.29 is 18.8 Å². The summed E-state index contributed by atoms with van der Waals surface area (Å²) in [6.45, 7) is 7.69. The first-order valence-electron chi connectivity index (χ1n) is 6.79. The van der Waals surface area contributed by atoms with Crippen LogP contribution < -0.4 is 11.0 Å². The second-order valence-electron chi connectivity index (χ2n) is 6.09. The number of esters is 1. The minimum absolute atomic E-state index is 0.136. The number of hydrogen-bond acceptors (Lipinski definition) is 5. The Morgan fingerprint density at radius 2 is 1.81 bits per heavy atom. The van der Waals surface area contributed by atoms with Gasteiger partial charge >= 0.3 is 13.1 Å². The van der Waals surface area contributed by atoms with E-state index >= 15 is 0 Å². The van der Waals surface area contributed by atoms with Crippen LogP contribution in [0, 0.1) is 0 Å². The SMILES string of the molecule is COC(=O)Cn1cc(B2OC(C)(C)C(C)(C)O2)ccc1=O. The second-order valence-corrected chi connectivity index (χ2v) is 6.09. The van der Waals surface area contributed by atoms with E-state index in [4.69, 9.17) is 9.31 Å². The zero-order chi connectivity index (χ0) is 15.8. The number of nitrogens with zero attached hydrogens (tertiary/aromatic N) is 1. The normalized spacial score (nSPS) is 19.6. The minimum Gasteiger partial charge on any atom is -0.468 e. The molecule has 0 spiro atoms. The first kappa shape index (κ1) is 15.8. The van der Waals surface area contributed by atoms with Crippen LogP contribution in [-0.4, -0.2) is 36.0 Å². The molecule has 0 aromatic carbocycles. The van der Waals surface area contributed by atoms with E-state index in [1.807, 2.05) is 27.7 Å². The third-order valence-electron chi connectivity index (χ3n) is 4.06. The molecule has 1 aliphatic rings. The number of carbonyl (C=O) groups excluding carboxylic acids is 1. The van der Waals surface area contributed by atoms with Crippen LogP contribution in [0.15, 0.2) is 23.1 Å². The molecule has 0 amide bonds. The molecule has 0 aliphatic carbocycles. The predicted octanol–water partition coefficient (Wildman–Crippen LogP) is 0.320. The van der Waals surface area contributed by atoms with Crippen LogP contribution in [0.1, 0.15) is 27.7 Å². The molecule has 0 radical (unpaired) electrons. The summed E-state index contributed by atoms with van der Waals surface area (Å²) in [5.41, 5.74) is -0.500. The molecule has 1 aromatic rings. The third-order valence-corrected chi connectivity index (χ3v) is 4.06. The second kappa shape index (κ2) is 5.31. The number of methoxy groups -OCH3 is 1. The predicted molar refractivity (Wildman–Crippen MR) is 78.4 cm³/mol. The molecule has 6 nitrogen and oxygen atoms in total. The van der Waals surface area contributed by atoms with E-state index in [9.17, 15) is 9.59 Å². The monoisotopic (exact) mass is 293 g/mol. The average Bonchev–Trinajstić information content (AvgIpc) is 2.61. The zero-order valence-electron chi connectivity index (χ0n) is 13.0. The summed E-state index contributed by atoms with van der Waals surface area (Å²) < 4.78 is 17.7. The fourth-order valence-corrected chi connectivity index (χ4v) is 2.00. The van der Waals surface area contributed by atoms with Gasteiger partial charge in [-0.05, 0) is 33.2 Å². The van der Waals surface area contributed by atoms with Crippen LogP contribution in [0.4, 0.5) is 0 Å². The highest BCUT2D eigenvalue weighted by Crippen LogP contribution is 2.36. The lowest BCUT2D eigenvalue weighted by molar-refractivity contribution is -0.141. The molecule has 1 aromatic heterocycles. The summed E-state index contributed by atoms with van der Waals surface area (Å²) in [5.74, 6) is -0.483. The quantitative estimate of drug-likeness (QED) is 0.593. The molecule has 0 unspecified atom stereocenters. The lowest BCUT2D eigenvalue weighted by Crippen LogP contribution is -2.41. The van der Waals surface area contributed by atoms with Gasteiger partial charge in [0.1, 0.15) is 6.54 Å². The van der Waals surface area contributed by atoms with Gasteiger partial charge in [-0.1, -0.05) is 6.07 Å². The highest BCUT2D eigenvalue weighted by Gasteiger charge is 2.51. The Morgan fingerprint density at radius 1 is 1.24 bits per heavy atom. The molecule has 2 rings (SSSR count). The van der Waals surface area contributed by atoms with Crippen molar-refractivity contribution in [1.29, 1.82) is 0 Å². The van der Waals surface area contributed by atoms with Crippen LogP contribution in [0.3, 0.4) is 0 Å². The van der Waals surface area contributed by atoms with E-state index in [1.165, 1.54) is 17.7 Å². The number of rotatable bonds is 3. The van der Waals surface area contributed by atoms with Gasteiger partial charge in [0.05, 0.1) is 18.3 Å². The van der Waals surface area contributed by atoms with Gasteiger partial charge in [-0.3, -0.25) is 9.59 Å². The number of pyridine rings is 1. The van der Waals surface area contributed by atoms with Crippen molar-refractivity contribution in [3.8, 4) is 0 Å². The number of ether oxygens (including phenoxy) is 1. The van der Waals surface area contributed by atoms with Crippen molar-refractivity contribution in [2.45, 2.75) is 45.4 Å². The van der Waals surface area contributed by atoms with E-state index in [2.05, 4.69) is 4.74 Å². The Balaban J connectivity index is 2.28. The minimum atomic E-state index is -0.570. The molecule has 0 atom stereocenters. The van der Waals surface area contributed by atoms with Crippen molar-refractivity contribution in [3.05, 3.63) is 28.7 Å². The first-order chi connectivity index (χ1) is 9.66. The Morgan fingerprint density at radius 3 is 2.33 bits per heavy atom. The fourth-order valence-electron chi connectivity index (χ4n) is 2.00. The molecule has 21 heavy (non-hydrogen) atoms. The van der Waals surface area contributed by atoms with Crippen LogP contribution >= 0.6 is 0 Å². The van der Waals surface area contributed by atoms with Crippen LogP contribution in [-0.2, 0) is 25.4 Å². The molecular formula is C14H20BNO5. The molecule has 2 heterocycles. The first-order valence-corrected chi connectivity index (χ1v) is 6.79. The van der Waals surface area contributed by atoms with Crippen LogP contribution in [0.2, 0.25) is 0 Å². The van der Waals surface area contributed by atoms with Crippen molar-refractivity contribution in [3.63, 3.8) is 0 Å². The van der Waals surface area contributed by atoms with Gasteiger partial charge in [0, 0.05) is 12.3 Å². The number of hydrogen-bond donors (Lipinski definition) is 0. The zero-order valence-corrected chi connectivity index (χ0v) is 13.0. The summed E-state index contributed by atoms with van der Waals surface area (Å²) in [6, 6.07) is 3.04. The lowest BCUT2D eigenvalue weighted by atomic mass is 9.80. The maximum atomic E-state index is 11.8. The Labute approximate surface area is 124 Å². The maximum Gasteiger partial charge on any atom is 0.496 e. The van der Waals surface area contributed by atoms with Crippen molar-refractivity contribution in [1.82, 2.24) is 4.57 Å². The van der Waals surface area contributed by atoms with Crippen molar-refractivity contribution in [2.75, 3.05) is 7.11 Å². The fraction of sp³-hybridized carbons (Fsp3) is 0.571. The molecular weight excluding hydrogens is 273 g/mol. The topological polar surface area (TPSA) is 66.8 Å². The average molecular weight is 293 g/mol. The molecule has 1 aliphatic heterocycles. The Bertz CT molecular complexity index is 592. The molecule has 0 bridgehead atoms. The van der Waals surface area contributed by atoms with Gasteiger partial charge in [0.25, 0.3) is 5.56 Å². The summed E-state index contributed by atoms with van der Waals surface area (Å²) in [5, 5.41) is 0. The van der Waals surface area contributed by atoms with Gasteiger partial charge in [-0.15, -0.1) is 0 Å². The lowest BCUT2D eigenvalue weighted by Gasteiger charge is -2.32. The molecule has 114 valence electrons. The van der Waals surface area contributed by atoms with Gasteiger partial charge < -0.3 is 18.6 Å². The van der Waals surface area contributed by atoms with E-state index < -0.39 is 24.3 Å².